The molecule has 2 rings (SSSR count). The number of nitrogens with zero attached hydrogens (tertiary/aromatic N) is 1. The van der Waals surface area contributed by atoms with Gasteiger partial charge in [-0.25, -0.2) is 4.98 Å². The van der Waals surface area contributed by atoms with Crippen molar-refractivity contribution in [3.05, 3.63) is 23.4 Å². The van der Waals surface area contributed by atoms with Gasteiger partial charge in [-0.15, -0.1) is 0 Å². The van der Waals surface area contributed by atoms with Crippen molar-refractivity contribution in [1.29, 1.82) is 0 Å². The van der Waals surface area contributed by atoms with Crippen molar-refractivity contribution in [1.82, 2.24) is 4.98 Å². The number of aromatic nitrogens is 1. The Kier molecular flexibility index (Phi) is 4.15. The minimum absolute atomic E-state index is 0.552. The van der Waals surface area contributed by atoms with Crippen molar-refractivity contribution < 1.29 is 0 Å². The number of thioether (sulfide) groups is 1. The van der Waals surface area contributed by atoms with Crippen LogP contribution >= 0.6 is 23.4 Å². The molecule has 1 aliphatic heterocycles. The molecule has 1 N–H and O–H groups in total. The van der Waals surface area contributed by atoms with Crippen LogP contribution in [0.15, 0.2) is 18.2 Å². The lowest BCUT2D eigenvalue weighted by molar-refractivity contribution is 0.677. The summed E-state index contributed by atoms with van der Waals surface area (Å²) >= 11 is 7.87. The summed E-state index contributed by atoms with van der Waals surface area (Å²) in [4.78, 5) is 4.20. The predicted molar refractivity (Wildman–Crippen MR) is 67.8 cm³/mol. The molecule has 1 aromatic heterocycles. The third-order valence-electron chi connectivity index (χ3n) is 2.50. The lowest BCUT2D eigenvalue weighted by atomic mass is 10.2. The average Bonchev–Trinajstić information content (AvgIpc) is 2.28. The van der Waals surface area contributed by atoms with E-state index in [4.69, 9.17) is 11.6 Å². The number of hydrogen-bond acceptors (Lipinski definition) is 3. The monoisotopic (exact) mass is 242 g/mol. The average molecular weight is 243 g/mol. The fourth-order valence-corrected chi connectivity index (χ4v) is 3.10. The highest BCUT2D eigenvalue weighted by molar-refractivity contribution is 7.99. The minimum atomic E-state index is 0.552. The van der Waals surface area contributed by atoms with Gasteiger partial charge in [-0.3, -0.25) is 0 Å². The van der Waals surface area contributed by atoms with Crippen molar-refractivity contribution in [3.63, 3.8) is 0 Å². The summed E-state index contributed by atoms with van der Waals surface area (Å²) in [5.41, 5.74) is 0. The molecule has 0 aromatic carbocycles. The summed E-state index contributed by atoms with van der Waals surface area (Å²) in [6.45, 7) is 0.998. The van der Waals surface area contributed by atoms with E-state index in [0.717, 1.165) is 17.6 Å². The molecule has 1 saturated heterocycles. The molecule has 0 saturated carbocycles. The van der Waals surface area contributed by atoms with Crippen LogP contribution in [0.25, 0.3) is 0 Å². The third kappa shape index (κ3) is 3.58. The maximum absolute atomic E-state index is 5.81. The predicted octanol–water partition coefficient (Wildman–Crippen LogP) is 3.43. The van der Waals surface area contributed by atoms with Crippen molar-refractivity contribution in [2.45, 2.75) is 24.5 Å². The van der Waals surface area contributed by atoms with Gasteiger partial charge in [-0.1, -0.05) is 24.1 Å². The van der Waals surface area contributed by atoms with Crippen LogP contribution < -0.4 is 5.32 Å². The van der Waals surface area contributed by atoms with Gasteiger partial charge in [0.1, 0.15) is 11.0 Å². The highest BCUT2D eigenvalue weighted by atomic mass is 35.5. The van der Waals surface area contributed by atoms with E-state index in [1.54, 1.807) is 6.07 Å². The Morgan fingerprint density at radius 3 is 3.13 bits per heavy atom. The molecule has 1 fully saturated rings. The molecule has 15 heavy (non-hydrogen) atoms. The zero-order valence-electron chi connectivity index (χ0n) is 8.58. The minimum Gasteiger partial charge on any atom is -0.369 e. The molecule has 2 nitrogen and oxygen atoms in total. The van der Waals surface area contributed by atoms with E-state index in [0.29, 0.717) is 5.15 Å². The molecule has 1 aromatic rings. The molecule has 82 valence electrons. The van der Waals surface area contributed by atoms with Crippen LogP contribution in [0.5, 0.6) is 0 Å². The van der Waals surface area contributed by atoms with Gasteiger partial charge in [0, 0.05) is 11.8 Å². The first-order valence-corrected chi connectivity index (χ1v) is 6.75. The maximum Gasteiger partial charge on any atom is 0.131 e. The molecule has 1 unspecified atom stereocenters. The molecule has 0 radical (unpaired) electrons. The van der Waals surface area contributed by atoms with E-state index < -0.39 is 0 Å². The normalized spacial score (nSPS) is 21.3. The number of nitrogens with one attached hydrogen (secondary N) is 1. The standard InChI is InChI=1S/C11H15ClN2S/c12-10-5-3-6-11(14-10)13-8-9-4-1-2-7-15-9/h3,5-6,9H,1-2,4,7-8H2,(H,13,14). The van der Waals surface area contributed by atoms with Crippen molar-refractivity contribution >= 4 is 29.2 Å². The van der Waals surface area contributed by atoms with E-state index in [9.17, 15) is 0 Å². The Balaban J connectivity index is 1.81. The van der Waals surface area contributed by atoms with E-state index in [-0.39, 0.29) is 0 Å². The van der Waals surface area contributed by atoms with Crippen LogP contribution in [0.3, 0.4) is 0 Å². The summed E-state index contributed by atoms with van der Waals surface area (Å²) in [5, 5.41) is 4.63. The highest BCUT2D eigenvalue weighted by Gasteiger charge is 2.13. The summed E-state index contributed by atoms with van der Waals surface area (Å²) in [6, 6.07) is 5.67. The summed E-state index contributed by atoms with van der Waals surface area (Å²) in [6.07, 6.45) is 4.05. The number of hydrogen-bond donors (Lipinski definition) is 1. The Labute approximate surface area is 99.8 Å². The van der Waals surface area contributed by atoms with Crippen molar-refractivity contribution in [3.8, 4) is 0 Å². The van der Waals surface area contributed by atoms with Crippen LogP contribution in [-0.2, 0) is 0 Å². The Morgan fingerprint density at radius 2 is 2.40 bits per heavy atom. The quantitative estimate of drug-likeness (QED) is 0.822. The topological polar surface area (TPSA) is 24.9 Å². The zero-order valence-corrected chi connectivity index (χ0v) is 10.2. The Hall–Kier alpha value is -0.410. The number of pyridine rings is 1. The second-order valence-corrected chi connectivity index (χ2v) is 5.51. The fraction of sp³-hybridized carbons (Fsp3) is 0.545. The largest absolute Gasteiger partial charge is 0.369 e. The van der Waals surface area contributed by atoms with Crippen LogP contribution in [-0.4, -0.2) is 22.5 Å². The molecular weight excluding hydrogens is 228 g/mol. The van der Waals surface area contributed by atoms with E-state index >= 15 is 0 Å². The number of halogens is 1. The summed E-state index contributed by atoms with van der Waals surface area (Å²) in [7, 11) is 0. The van der Waals surface area contributed by atoms with Gasteiger partial charge in [-0.2, -0.15) is 11.8 Å². The van der Waals surface area contributed by atoms with E-state index in [2.05, 4.69) is 22.1 Å². The molecule has 2 heterocycles. The first-order chi connectivity index (χ1) is 7.34. The Bertz CT molecular complexity index is 313. The van der Waals surface area contributed by atoms with Gasteiger partial charge in [0.2, 0.25) is 0 Å². The van der Waals surface area contributed by atoms with E-state index in [1.165, 1.54) is 25.0 Å². The lowest BCUT2D eigenvalue weighted by Crippen LogP contribution is -2.20. The number of anilines is 1. The molecule has 0 spiro atoms. The maximum atomic E-state index is 5.81. The molecule has 1 aliphatic rings. The van der Waals surface area contributed by atoms with Gasteiger partial charge in [-0.05, 0) is 30.7 Å². The third-order valence-corrected chi connectivity index (χ3v) is 4.11. The van der Waals surface area contributed by atoms with Gasteiger partial charge < -0.3 is 5.32 Å². The second-order valence-electron chi connectivity index (χ2n) is 3.72. The van der Waals surface area contributed by atoms with Crippen LogP contribution in [0.4, 0.5) is 5.82 Å². The lowest BCUT2D eigenvalue weighted by Gasteiger charge is -2.21. The first-order valence-electron chi connectivity index (χ1n) is 5.32. The zero-order chi connectivity index (χ0) is 10.5. The smallest absolute Gasteiger partial charge is 0.131 e. The first kappa shape index (κ1) is 11.1. The van der Waals surface area contributed by atoms with E-state index in [1.807, 2.05) is 12.1 Å². The number of rotatable bonds is 3. The molecule has 1 atom stereocenters. The summed E-state index contributed by atoms with van der Waals surface area (Å²) in [5.74, 6) is 2.18. The molecular formula is C11H15ClN2S. The van der Waals surface area contributed by atoms with Crippen LogP contribution in [0.1, 0.15) is 19.3 Å². The van der Waals surface area contributed by atoms with Crippen LogP contribution in [0, 0.1) is 0 Å². The van der Waals surface area contributed by atoms with Gasteiger partial charge in [0.15, 0.2) is 0 Å². The van der Waals surface area contributed by atoms with Gasteiger partial charge >= 0.3 is 0 Å². The second kappa shape index (κ2) is 5.61. The fourth-order valence-electron chi connectivity index (χ4n) is 1.69. The van der Waals surface area contributed by atoms with Gasteiger partial charge in [0.25, 0.3) is 0 Å². The summed E-state index contributed by atoms with van der Waals surface area (Å²) < 4.78 is 0. The SMILES string of the molecule is Clc1cccc(NCC2CCCCS2)n1. The molecule has 0 amide bonds. The van der Waals surface area contributed by atoms with Crippen molar-refractivity contribution in [2.75, 3.05) is 17.6 Å². The highest BCUT2D eigenvalue weighted by Crippen LogP contribution is 2.25. The molecule has 0 bridgehead atoms. The molecule has 4 heteroatoms. The van der Waals surface area contributed by atoms with Crippen molar-refractivity contribution in [2.24, 2.45) is 0 Å². The Morgan fingerprint density at radius 1 is 1.47 bits per heavy atom. The van der Waals surface area contributed by atoms with Crippen LogP contribution in [0.2, 0.25) is 5.15 Å². The van der Waals surface area contributed by atoms with Gasteiger partial charge in [0.05, 0.1) is 0 Å². The molecule has 0 aliphatic carbocycles.